The van der Waals surface area contributed by atoms with Crippen LogP contribution in [0, 0.1) is 0 Å². The second-order valence-electron chi connectivity index (χ2n) is 4.45. The summed E-state index contributed by atoms with van der Waals surface area (Å²) in [5, 5.41) is 8.71. The summed E-state index contributed by atoms with van der Waals surface area (Å²) in [6.07, 6.45) is 1.09. The summed E-state index contributed by atoms with van der Waals surface area (Å²) in [7, 11) is -1.70. The van der Waals surface area contributed by atoms with E-state index in [0.717, 1.165) is 6.26 Å². The number of hydrogen-bond donors (Lipinski definition) is 1. The Balaban J connectivity index is 4.62. The van der Waals surface area contributed by atoms with E-state index < -0.39 is 28.4 Å². The van der Waals surface area contributed by atoms with Crippen LogP contribution in [-0.2, 0) is 14.6 Å². The molecule has 1 N–H and O–H groups in total. The Hall–Kier alpha value is -1.31. The molecule has 0 spiro atoms. The lowest BCUT2D eigenvalue weighted by molar-refractivity contribution is -0.138. The number of hydrogen-bond acceptors (Lipinski definition) is 4. The van der Waals surface area contributed by atoms with E-state index in [0.29, 0.717) is 0 Å². The summed E-state index contributed by atoms with van der Waals surface area (Å²) in [6, 6.07) is -0.759. The Labute approximate surface area is 107 Å². The standard InChI is InChI=1S/C10H20N2O5S/c1-8(2)12(7-9(13)14)10(15)11(3)5-6-18(4,16)17/h8H,5-7H2,1-4H3,(H,13,14). The smallest absolute Gasteiger partial charge is 0.323 e. The predicted molar refractivity (Wildman–Crippen MR) is 67.2 cm³/mol. The van der Waals surface area contributed by atoms with Crippen LogP contribution in [0.2, 0.25) is 0 Å². The number of carboxylic acids is 1. The number of amides is 2. The first-order chi connectivity index (χ1) is 8.04. The molecule has 0 aliphatic rings. The van der Waals surface area contributed by atoms with Crippen molar-refractivity contribution in [1.29, 1.82) is 0 Å². The lowest BCUT2D eigenvalue weighted by Crippen LogP contribution is -2.48. The molecule has 0 saturated carbocycles. The lowest BCUT2D eigenvalue weighted by atomic mass is 10.3. The molecule has 0 aliphatic heterocycles. The molecule has 0 aromatic rings. The van der Waals surface area contributed by atoms with Crippen molar-refractivity contribution in [2.45, 2.75) is 19.9 Å². The molecule has 106 valence electrons. The van der Waals surface area contributed by atoms with E-state index in [-0.39, 0.29) is 18.3 Å². The highest BCUT2D eigenvalue weighted by atomic mass is 32.2. The molecule has 0 bridgehead atoms. The van der Waals surface area contributed by atoms with E-state index >= 15 is 0 Å². The third-order valence-corrected chi connectivity index (χ3v) is 3.22. The van der Waals surface area contributed by atoms with E-state index in [1.165, 1.54) is 16.8 Å². The van der Waals surface area contributed by atoms with E-state index in [2.05, 4.69) is 0 Å². The number of aliphatic carboxylic acids is 1. The van der Waals surface area contributed by atoms with E-state index in [4.69, 9.17) is 5.11 Å². The molecule has 0 aromatic heterocycles. The van der Waals surface area contributed by atoms with Crippen molar-refractivity contribution in [3.05, 3.63) is 0 Å². The number of urea groups is 1. The largest absolute Gasteiger partial charge is 0.480 e. The van der Waals surface area contributed by atoms with Gasteiger partial charge in [0.15, 0.2) is 0 Å². The fraction of sp³-hybridized carbons (Fsp3) is 0.800. The van der Waals surface area contributed by atoms with Crippen molar-refractivity contribution < 1.29 is 23.1 Å². The van der Waals surface area contributed by atoms with E-state index in [9.17, 15) is 18.0 Å². The highest BCUT2D eigenvalue weighted by molar-refractivity contribution is 7.90. The molecule has 0 radical (unpaired) electrons. The number of carboxylic acid groups (broad SMARTS) is 1. The highest BCUT2D eigenvalue weighted by Crippen LogP contribution is 2.03. The molecular formula is C10H20N2O5S. The minimum Gasteiger partial charge on any atom is -0.480 e. The fourth-order valence-corrected chi connectivity index (χ4v) is 1.84. The van der Waals surface area contributed by atoms with Gasteiger partial charge in [-0.25, -0.2) is 13.2 Å². The van der Waals surface area contributed by atoms with Crippen molar-refractivity contribution in [1.82, 2.24) is 9.80 Å². The van der Waals surface area contributed by atoms with Crippen molar-refractivity contribution in [2.75, 3.05) is 32.1 Å². The van der Waals surface area contributed by atoms with Gasteiger partial charge in [-0.2, -0.15) is 0 Å². The van der Waals surface area contributed by atoms with Gasteiger partial charge in [0.25, 0.3) is 0 Å². The summed E-state index contributed by atoms with van der Waals surface area (Å²) in [5.74, 6) is -1.25. The van der Waals surface area contributed by atoms with Crippen LogP contribution in [0.4, 0.5) is 4.79 Å². The Bertz CT molecular complexity index is 404. The minimum absolute atomic E-state index is 0.0422. The maximum atomic E-state index is 11.9. The molecule has 0 unspecified atom stereocenters. The zero-order valence-electron chi connectivity index (χ0n) is 11.1. The van der Waals surface area contributed by atoms with Crippen molar-refractivity contribution in [3.63, 3.8) is 0 Å². The quantitative estimate of drug-likeness (QED) is 0.731. The zero-order valence-corrected chi connectivity index (χ0v) is 11.9. The second-order valence-corrected chi connectivity index (χ2v) is 6.71. The van der Waals surface area contributed by atoms with Gasteiger partial charge in [0.05, 0.1) is 5.75 Å². The van der Waals surface area contributed by atoms with E-state index in [1.54, 1.807) is 13.8 Å². The van der Waals surface area contributed by atoms with Crippen LogP contribution in [-0.4, -0.2) is 73.5 Å². The first-order valence-electron chi connectivity index (χ1n) is 5.46. The summed E-state index contributed by atoms with van der Waals surface area (Å²) in [6.45, 7) is 3.04. The van der Waals surface area contributed by atoms with Crippen LogP contribution in [0.3, 0.4) is 0 Å². The normalized spacial score (nSPS) is 11.4. The van der Waals surface area contributed by atoms with Crippen LogP contribution < -0.4 is 0 Å². The molecule has 0 aliphatic carbocycles. The van der Waals surface area contributed by atoms with Gasteiger partial charge < -0.3 is 14.9 Å². The predicted octanol–water partition coefficient (Wildman–Crippen LogP) is -0.122. The van der Waals surface area contributed by atoms with Gasteiger partial charge in [-0.15, -0.1) is 0 Å². The average molecular weight is 280 g/mol. The van der Waals surface area contributed by atoms with Crippen LogP contribution >= 0.6 is 0 Å². The molecule has 0 heterocycles. The van der Waals surface area contributed by atoms with Crippen molar-refractivity contribution in [2.24, 2.45) is 0 Å². The van der Waals surface area contributed by atoms with Gasteiger partial charge in [0.2, 0.25) is 0 Å². The molecule has 0 atom stereocenters. The Kier molecular flexibility index (Phi) is 6.10. The van der Waals surface area contributed by atoms with Gasteiger partial charge in [-0.3, -0.25) is 4.79 Å². The molecule has 8 heteroatoms. The summed E-state index contributed by atoms with van der Waals surface area (Å²) < 4.78 is 22.0. The first kappa shape index (κ1) is 16.7. The SMILES string of the molecule is CC(C)N(CC(=O)O)C(=O)N(C)CCS(C)(=O)=O. The third kappa shape index (κ3) is 6.43. The fourth-order valence-electron chi connectivity index (χ4n) is 1.23. The first-order valence-corrected chi connectivity index (χ1v) is 7.52. The van der Waals surface area contributed by atoms with Gasteiger partial charge in [-0.05, 0) is 13.8 Å². The molecule has 0 aromatic carbocycles. The Morgan fingerprint density at radius 1 is 1.28 bits per heavy atom. The van der Waals surface area contributed by atoms with E-state index in [1.807, 2.05) is 0 Å². The molecule has 0 saturated heterocycles. The third-order valence-electron chi connectivity index (χ3n) is 2.30. The molecule has 0 fully saturated rings. The minimum atomic E-state index is -3.15. The summed E-state index contributed by atoms with van der Waals surface area (Å²) >= 11 is 0. The Morgan fingerprint density at radius 2 is 1.78 bits per heavy atom. The summed E-state index contributed by atoms with van der Waals surface area (Å²) in [4.78, 5) is 25.0. The molecule has 0 rings (SSSR count). The lowest BCUT2D eigenvalue weighted by Gasteiger charge is -2.29. The summed E-state index contributed by atoms with van der Waals surface area (Å²) in [5.41, 5.74) is 0. The van der Waals surface area contributed by atoms with Crippen molar-refractivity contribution in [3.8, 4) is 0 Å². The maximum absolute atomic E-state index is 11.9. The van der Waals surface area contributed by atoms with Gasteiger partial charge in [-0.1, -0.05) is 0 Å². The van der Waals surface area contributed by atoms with Crippen LogP contribution in [0.15, 0.2) is 0 Å². The monoisotopic (exact) mass is 280 g/mol. The van der Waals surface area contributed by atoms with Gasteiger partial charge >= 0.3 is 12.0 Å². The highest BCUT2D eigenvalue weighted by Gasteiger charge is 2.23. The molecule has 7 nitrogen and oxygen atoms in total. The maximum Gasteiger partial charge on any atom is 0.323 e. The van der Waals surface area contributed by atoms with Crippen LogP contribution in [0.25, 0.3) is 0 Å². The number of nitrogens with zero attached hydrogens (tertiary/aromatic N) is 2. The zero-order chi connectivity index (χ0) is 14.5. The second kappa shape index (κ2) is 6.58. The molecule has 18 heavy (non-hydrogen) atoms. The van der Waals surface area contributed by atoms with Gasteiger partial charge in [0.1, 0.15) is 16.4 Å². The van der Waals surface area contributed by atoms with Crippen molar-refractivity contribution >= 4 is 21.8 Å². The number of carbonyl (C=O) groups excluding carboxylic acids is 1. The van der Waals surface area contributed by atoms with Gasteiger partial charge in [0, 0.05) is 25.9 Å². The topological polar surface area (TPSA) is 95.0 Å². The molecular weight excluding hydrogens is 260 g/mol. The molecule has 2 amide bonds. The number of sulfone groups is 1. The number of carbonyl (C=O) groups is 2. The number of rotatable bonds is 6. The average Bonchev–Trinajstić information content (AvgIpc) is 2.19. The van der Waals surface area contributed by atoms with Crippen LogP contribution in [0.1, 0.15) is 13.8 Å². The van der Waals surface area contributed by atoms with Crippen LogP contribution in [0.5, 0.6) is 0 Å². The Morgan fingerprint density at radius 3 is 2.11 bits per heavy atom.